The SMILES string of the molecule is CC(O)c1ccnc(Oc2cc(Br)ccc2Cl)c1. The molecule has 0 radical (unpaired) electrons. The molecule has 0 saturated carbocycles. The third-order valence-electron chi connectivity index (χ3n) is 2.35. The van der Waals surface area contributed by atoms with Gasteiger partial charge in [0, 0.05) is 16.7 Å². The Morgan fingerprint density at radius 3 is 2.83 bits per heavy atom. The van der Waals surface area contributed by atoms with Crippen molar-refractivity contribution in [1.29, 1.82) is 0 Å². The minimum atomic E-state index is -0.562. The summed E-state index contributed by atoms with van der Waals surface area (Å²) in [4.78, 5) is 4.08. The van der Waals surface area contributed by atoms with Crippen molar-refractivity contribution in [3.8, 4) is 11.6 Å². The lowest BCUT2D eigenvalue weighted by molar-refractivity contribution is 0.198. The van der Waals surface area contributed by atoms with Gasteiger partial charge in [-0.2, -0.15) is 0 Å². The highest BCUT2D eigenvalue weighted by molar-refractivity contribution is 9.10. The molecular weight excluding hydrogens is 318 g/mol. The molecule has 1 aromatic heterocycles. The van der Waals surface area contributed by atoms with Crippen LogP contribution in [0.4, 0.5) is 0 Å². The molecule has 1 N–H and O–H groups in total. The second-order valence-electron chi connectivity index (χ2n) is 3.78. The molecule has 94 valence electrons. The van der Waals surface area contributed by atoms with Crippen molar-refractivity contribution in [2.24, 2.45) is 0 Å². The van der Waals surface area contributed by atoms with Crippen molar-refractivity contribution in [1.82, 2.24) is 4.98 Å². The Morgan fingerprint density at radius 2 is 2.11 bits per heavy atom. The summed E-state index contributed by atoms with van der Waals surface area (Å²) in [5.41, 5.74) is 0.742. The monoisotopic (exact) mass is 327 g/mol. The van der Waals surface area contributed by atoms with E-state index in [1.54, 1.807) is 37.4 Å². The fraction of sp³-hybridized carbons (Fsp3) is 0.154. The molecule has 1 heterocycles. The van der Waals surface area contributed by atoms with Crippen molar-refractivity contribution in [3.05, 3.63) is 51.6 Å². The first kappa shape index (κ1) is 13.3. The fourth-order valence-electron chi connectivity index (χ4n) is 1.41. The number of nitrogens with zero attached hydrogens (tertiary/aromatic N) is 1. The first-order valence-corrected chi connectivity index (χ1v) is 6.50. The zero-order valence-corrected chi connectivity index (χ0v) is 11.9. The van der Waals surface area contributed by atoms with Crippen LogP contribution in [-0.4, -0.2) is 10.1 Å². The smallest absolute Gasteiger partial charge is 0.219 e. The molecule has 0 aliphatic carbocycles. The predicted octanol–water partition coefficient (Wildman–Crippen LogP) is 4.34. The Labute approximate surface area is 119 Å². The van der Waals surface area contributed by atoms with Crippen LogP contribution in [0.25, 0.3) is 0 Å². The molecule has 0 amide bonds. The summed E-state index contributed by atoms with van der Waals surface area (Å²) in [6.45, 7) is 1.69. The number of benzene rings is 1. The maximum Gasteiger partial charge on any atom is 0.219 e. The maximum absolute atomic E-state index is 9.50. The molecule has 0 fully saturated rings. The summed E-state index contributed by atoms with van der Waals surface area (Å²) in [5, 5.41) is 10.00. The molecule has 1 atom stereocenters. The minimum Gasteiger partial charge on any atom is -0.437 e. The molecule has 2 rings (SSSR count). The van der Waals surface area contributed by atoms with E-state index in [0.29, 0.717) is 16.7 Å². The zero-order chi connectivity index (χ0) is 13.1. The first-order valence-electron chi connectivity index (χ1n) is 5.33. The molecule has 2 aromatic rings. The van der Waals surface area contributed by atoms with Gasteiger partial charge in [0.15, 0.2) is 0 Å². The second-order valence-corrected chi connectivity index (χ2v) is 5.10. The van der Waals surface area contributed by atoms with E-state index < -0.39 is 6.10 Å². The normalized spacial score (nSPS) is 12.2. The van der Waals surface area contributed by atoms with Crippen molar-refractivity contribution in [2.75, 3.05) is 0 Å². The minimum absolute atomic E-state index is 0.397. The zero-order valence-electron chi connectivity index (χ0n) is 9.60. The largest absolute Gasteiger partial charge is 0.437 e. The van der Waals surface area contributed by atoms with Gasteiger partial charge in [-0.3, -0.25) is 0 Å². The van der Waals surface area contributed by atoms with E-state index >= 15 is 0 Å². The summed E-state index contributed by atoms with van der Waals surface area (Å²) in [6.07, 6.45) is 1.02. The molecule has 0 bridgehead atoms. The molecule has 0 saturated heterocycles. The molecular formula is C13H11BrClNO2. The first-order chi connectivity index (χ1) is 8.56. The summed E-state index contributed by atoms with van der Waals surface area (Å²) >= 11 is 9.37. The number of rotatable bonds is 3. The molecule has 0 aliphatic heterocycles. The van der Waals surface area contributed by atoms with Crippen LogP contribution in [0.3, 0.4) is 0 Å². The molecule has 18 heavy (non-hydrogen) atoms. The van der Waals surface area contributed by atoms with E-state index in [0.717, 1.165) is 10.0 Å². The number of aliphatic hydroxyl groups excluding tert-OH is 1. The lowest BCUT2D eigenvalue weighted by atomic mass is 10.2. The van der Waals surface area contributed by atoms with Gasteiger partial charge >= 0.3 is 0 Å². The van der Waals surface area contributed by atoms with Crippen LogP contribution in [0, 0.1) is 0 Å². The van der Waals surface area contributed by atoms with Gasteiger partial charge in [0.1, 0.15) is 5.75 Å². The number of ether oxygens (including phenoxy) is 1. The van der Waals surface area contributed by atoms with Crippen LogP contribution in [0.2, 0.25) is 5.02 Å². The van der Waals surface area contributed by atoms with Crippen molar-refractivity contribution in [2.45, 2.75) is 13.0 Å². The summed E-state index contributed by atoms with van der Waals surface area (Å²) < 4.78 is 6.47. The van der Waals surface area contributed by atoms with Crippen molar-refractivity contribution >= 4 is 27.5 Å². The Kier molecular flexibility index (Phi) is 4.22. The molecule has 1 unspecified atom stereocenters. The van der Waals surface area contributed by atoms with E-state index in [4.69, 9.17) is 16.3 Å². The number of pyridine rings is 1. The number of hydrogen-bond donors (Lipinski definition) is 1. The predicted molar refractivity (Wildman–Crippen MR) is 74.1 cm³/mol. The van der Waals surface area contributed by atoms with Gasteiger partial charge in [0.25, 0.3) is 0 Å². The van der Waals surface area contributed by atoms with E-state index in [1.807, 2.05) is 6.07 Å². The molecule has 0 spiro atoms. The van der Waals surface area contributed by atoms with Crippen LogP contribution < -0.4 is 4.74 Å². The van der Waals surface area contributed by atoms with Gasteiger partial charge in [0.05, 0.1) is 11.1 Å². The lowest BCUT2D eigenvalue weighted by Gasteiger charge is -2.09. The van der Waals surface area contributed by atoms with E-state index in [1.165, 1.54) is 0 Å². The topological polar surface area (TPSA) is 42.4 Å². The van der Waals surface area contributed by atoms with Crippen molar-refractivity contribution in [3.63, 3.8) is 0 Å². The van der Waals surface area contributed by atoms with Crippen LogP contribution in [-0.2, 0) is 0 Å². The van der Waals surface area contributed by atoms with Crippen molar-refractivity contribution < 1.29 is 9.84 Å². The maximum atomic E-state index is 9.50. The molecule has 0 aliphatic rings. The number of aromatic nitrogens is 1. The summed E-state index contributed by atoms with van der Waals surface area (Å²) in [7, 11) is 0. The Bertz CT molecular complexity index is 560. The van der Waals surface area contributed by atoms with Gasteiger partial charge in [0.2, 0.25) is 5.88 Å². The highest BCUT2D eigenvalue weighted by atomic mass is 79.9. The van der Waals surface area contributed by atoms with E-state index in [9.17, 15) is 5.11 Å². The van der Waals surface area contributed by atoms with Gasteiger partial charge < -0.3 is 9.84 Å². The number of halogens is 2. The Hall–Kier alpha value is -1.10. The Balaban J connectivity index is 2.28. The average Bonchev–Trinajstić information content (AvgIpc) is 2.34. The van der Waals surface area contributed by atoms with Crippen LogP contribution in [0.15, 0.2) is 41.0 Å². The van der Waals surface area contributed by atoms with Crippen LogP contribution in [0.5, 0.6) is 11.6 Å². The third kappa shape index (κ3) is 3.22. The summed E-state index contributed by atoms with van der Waals surface area (Å²) in [5.74, 6) is 0.912. The average molecular weight is 329 g/mol. The molecule has 1 aromatic carbocycles. The highest BCUT2D eigenvalue weighted by Gasteiger charge is 2.07. The van der Waals surface area contributed by atoms with Gasteiger partial charge in [-0.05, 0) is 36.8 Å². The fourth-order valence-corrected chi connectivity index (χ4v) is 1.90. The third-order valence-corrected chi connectivity index (χ3v) is 3.15. The second kappa shape index (κ2) is 5.69. The van der Waals surface area contributed by atoms with E-state index in [-0.39, 0.29) is 0 Å². The van der Waals surface area contributed by atoms with Gasteiger partial charge in [-0.15, -0.1) is 0 Å². The molecule has 5 heteroatoms. The molecule has 3 nitrogen and oxygen atoms in total. The number of hydrogen-bond acceptors (Lipinski definition) is 3. The van der Waals surface area contributed by atoms with Gasteiger partial charge in [-0.1, -0.05) is 27.5 Å². The summed E-state index contributed by atoms with van der Waals surface area (Å²) in [6, 6.07) is 8.75. The number of aliphatic hydroxyl groups is 1. The Morgan fingerprint density at radius 1 is 1.33 bits per heavy atom. The standard InChI is InChI=1S/C13H11BrClNO2/c1-8(17)9-4-5-16-13(6-9)18-12-7-10(14)2-3-11(12)15/h2-8,17H,1H3. The van der Waals surface area contributed by atoms with Gasteiger partial charge in [-0.25, -0.2) is 4.98 Å². The lowest BCUT2D eigenvalue weighted by Crippen LogP contribution is -1.94. The quantitative estimate of drug-likeness (QED) is 0.911. The van der Waals surface area contributed by atoms with E-state index in [2.05, 4.69) is 20.9 Å². The van der Waals surface area contributed by atoms with Crippen LogP contribution in [0.1, 0.15) is 18.6 Å². The van der Waals surface area contributed by atoms with Crippen LogP contribution >= 0.6 is 27.5 Å². The highest BCUT2D eigenvalue weighted by Crippen LogP contribution is 2.31.